The number of rotatable bonds is 5. The molecule has 0 heterocycles. The summed E-state index contributed by atoms with van der Waals surface area (Å²) >= 11 is 0. The third kappa shape index (κ3) is 3.64. The van der Waals surface area contributed by atoms with Gasteiger partial charge in [0.15, 0.2) is 11.5 Å². The molecule has 1 aliphatic rings. The van der Waals surface area contributed by atoms with Crippen LogP contribution in [-0.4, -0.2) is 23.9 Å². The van der Waals surface area contributed by atoms with Crippen molar-refractivity contribution in [2.45, 2.75) is 51.2 Å². The number of hydrogen-bond acceptors (Lipinski definition) is 3. The molecule has 0 saturated heterocycles. The Balaban J connectivity index is 1.99. The highest BCUT2D eigenvalue weighted by molar-refractivity contribution is 5.39. The molecule has 2 unspecified atom stereocenters. The zero-order valence-corrected chi connectivity index (χ0v) is 11.0. The van der Waals surface area contributed by atoms with Crippen LogP contribution in [0.15, 0.2) is 24.3 Å². The van der Waals surface area contributed by atoms with E-state index in [0.29, 0.717) is 6.61 Å². The average molecular weight is 250 g/mol. The first-order valence-corrected chi connectivity index (χ1v) is 6.86. The second-order valence-electron chi connectivity index (χ2n) is 4.86. The van der Waals surface area contributed by atoms with Crippen LogP contribution in [0.4, 0.5) is 0 Å². The Hall–Kier alpha value is -1.22. The number of ether oxygens (including phenoxy) is 2. The molecule has 0 bridgehead atoms. The Bertz CT molecular complexity index is 365. The molecule has 100 valence electrons. The van der Waals surface area contributed by atoms with Gasteiger partial charge in [-0.1, -0.05) is 19.1 Å². The molecule has 2 atom stereocenters. The molecule has 0 aromatic heterocycles. The van der Waals surface area contributed by atoms with Gasteiger partial charge in [0.05, 0.1) is 12.7 Å². The minimum absolute atomic E-state index is 0.111. The van der Waals surface area contributed by atoms with Crippen molar-refractivity contribution in [1.82, 2.24) is 0 Å². The molecule has 1 aromatic carbocycles. The molecule has 0 amide bonds. The summed E-state index contributed by atoms with van der Waals surface area (Å²) < 4.78 is 11.6. The van der Waals surface area contributed by atoms with Crippen LogP contribution in [-0.2, 0) is 0 Å². The van der Waals surface area contributed by atoms with Crippen molar-refractivity contribution in [3.8, 4) is 11.5 Å². The molecule has 0 radical (unpaired) electrons. The third-order valence-corrected chi connectivity index (χ3v) is 3.20. The third-order valence-electron chi connectivity index (χ3n) is 3.20. The zero-order chi connectivity index (χ0) is 12.8. The fourth-order valence-corrected chi connectivity index (χ4v) is 2.29. The summed E-state index contributed by atoms with van der Waals surface area (Å²) in [6.45, 7) is 2.79. The van der Waals surface area contributed by atoms with Gasteiger partial charge in [0.2, 0.25) is 0 Å². The Morgan fingerprint density at radius 1 is 1.22 bits per heavy atom. The Labute approximate surface area is 109 Å². The second kappa shape index (κ2) is 6.64. The van der Waals surface area contributed by atoms with E-state index in [9.17, 15) is 5.11 Å². The topological polar surface area (TPSA) is 38.7 Å². The van der Waals surface area contributed by atoms with Crippen molar-refractivity contribution in [2.75, 3.05) is 6.61 Å². The van der Waals surface area contributed by atoms with E-state index in [4.69, 9.17) is 9.47 Å². The molecular formula is C15H22O3. The van der Waals surface area contributed by atoms with Crippen LogP contribution in [0.1, 0.15) is 39.0 Å². The van der Waals surface area contributed by atoms with Crippen LogP contribution >= 0.6 is 0 Å². The Morgan fingerprint density at radius 2 is 2.00 bits per heavy atom. The zero-order valence-electron chi connectivity index (χ0n) is 11.0. The normalized spacial score (nSPS) is 23.7. The summed E-state index contributed by atoms with van der Waals surface area (Å²) in [7, 11) is 0. The highest BCUT2D eigenvalue weighted by Gasteiger charge is 2.22. The molecule has 1 N–H and O–H groups in total. The second-order valence-corrected chi connectivity index (χ2v) is 4.86. The smallest absolute Gasteiger partial charge is 0.161 e. The van der Waals surface area contributed by atoms with Crippen LogP contribution < -0.4 is 9.47 Å². The van der Waals surface area contributed by atoms with E-state index in [1.807, 2.05) is 24.3 Å². The number of aliphatic hydroxyl groups excluding tert-OH is 1. The lowest BCUT2D eigenvalue weighted by Crippen LogP contribution is -2.28. The summed E-state index contributed by atoms with van der Waals surface area (Å²) in [5.41, 5.74) is 0. The average Bonchev–Trinajstić information content (AvgIpc) is 2.38. The van der Waals surface area contributed by atoms with Gasteiger partial charge in [-0.05, 0) is 37.8 Å². The molecule has 2 rings (SSSR count). The van der Waals surface area contributed by atoms with Gasteiger partial charge in [-0.15, -0.1) is 0 Å². The summed E-state index contributed by atoms with van der Waals surface area (Å²) in [4.78, 5) is 0. The Kier molecular flexibility index (Phi) is 4.88. The summed E-state index contributed by atoms with van der Waals surface area (Å²) in [6.07, 6.45) is 4.54. The fourth-order valence-electron chi connectivity index (χ4n) is 2.29. The van der Waals surface area contributed by atoms with Crippen molar-refractivity contribution < 1.29 is 14.6 Å². The molecule has 0 aliphatic heterocycles. The van der Waals surface area contributed by atoms with Crippen LogP contribution in [0.2, 0.25) is 0 Å². The number of benzene rings is 1. The van der Waals surface area contributed by atoms with Gasteiger partial charge in [0.1, 0.15) is 6.10 Å². The van der Waals surface area contributed by atoms with Gasteiger partial charge in [-0.2, -0.15) is 0 Å². The predicted molar refractivity (Wildman–Crippen MR) is 71.1 cm³/mol. The van der Waals surface area contributed by atoms with Crippen LogP contribution in [0.25, 0.3) is 0 Å². The van der Waals surface area contributed by atoms with Crippen molar-refractivity contribution >= 4 is 0 Å². The quantitative estimate of drug-likeness (QED) is 0.872. The maximum Gasteiger partial charge on any atom is 0.161 e. The van der Waals surface area contributed by atoms with Gasteiger partial charge >= 0.3 is 0 Å². The fraction of sp³-hybridized carbons (Fsp3) is 0.600. The van der Waals surface area contributed by atoms with E-state index in [1.54, 1.807) is 0 Å². The van der Waals surface area contributed by atoms with Gasteiger partial charge in [-0.3, -0.25) is 0 Å². The lowest BCUT2D eigenvalue weighted by molar-refractivity contribution is 0.0519. The summed E-state index contributed by atoms with van der Waals surface area (Å²) in [6, 6.07) is 7.77. The van der Waals surface area contributed by atoms with E-state index >= 15 is 0 Å². The van der Waals surface area contributed by atoms with Crippen molar-refractivity contribution in [1.29, 1.82) is 0 Å². The number of aliphatic hydroxyl groups is 1. The molecule has 3 nitrogen and oxygen atoms in total. The van der Waals surface area contributed by atoms with Crippen LogP contribution in [0, 0.1) is 0 Å². The molecule has 1 aliphatic carbocycles. The molecule has 3 heteroatoms. The first kappa shape index (κ1) is 13.2. The Morgan fingerprint density at radius 3 is 2.72 bits per heavy atom. The summed E-state index contributed by atoms with van der Waals surface area (Å²) in [5.74, 6) is 1.60. The van der Waals surface area contributed by atoms with E-state index in [-0.39, 0.29) is 12.2 Å². The predicted octanol–water partition coefficient (Wildman–Crippen LogP) is 3.16. The molecule has 1 fully saturated rings. The first-order chi connectivity index (χ1) is 8.79. The van der Waals surface area contributed by atoms with Gasteiger partial charge in [0, 0.05) is 6.42 Å². The van der Waals surface area contributed by atoms with Gasteiger partial charge < -0.3 is 14.6 Å². The highest BCUT2D eigenvalue weighted by atomic mass is 16.5. The van der Waals surface area contributed by atoms with E-state index in [2.05, 4.69) is 6.92 Å². The van der Waals surface area contributed by atoms with Crippen LogP contribution in [0.5, 0.6) is 11.5 Å². The van der Waals surface area contributed by atoms with Gasteiger partial charge in [-0.25, -0.2) is 0 Å². The SMILES string of the molecule is CCCOc1ccccc1OC1CCCC(O)C1. The monoisotopic (exact) mass is 250 g/mol. The molecule has 18 heavy (non-hydrogen) atoms. The first-order valence-electron chi connectivity index (χ1n) is 6.86. The largest absolute Gasteiger partial charge is 0.490 e. The molecular weight excluding hydrogens is 228 g/mol. The number of para-hydroxylation sites is 2. The van der Waals surface area contributed by atoms with E-state index < -0.39 is 0 Å². The molecule has 1 aromatic rings. The standard InChI is InChI=1S/C15H22O3/c1-2-10-17-14-8-3-4-9-15(14)18-13-7-5-6-12(16)11-13/h3-4,8-9,12-13,16H,2,5-7,10-11H2,1H3. The lowest BCUT2D eigenvalue weighted by atomic mass is 9.95. The van der Waals surface area contributed by atoms with E-state index in [1.165, 1.54) is 0 Å². The maximum absolute atomic E-state index is 9.66. The summed E-state index contributed by atoms with van der Waals surface area (Å²) in [5, 5.41) is 9.66. The van der Waals surface area contributed by atoms with Crippen molar-refractivity contribution in [3.05, 3.63) is 24.3 Å². The molecule has 0 spiro atoms. The minimum Gasteiger partial charge on any atom is -0.490 e. The van der Waals surface area contributed by atoms with Crippen molar-refractivity contribution in [3.63, 3.8) is 0 Å². The minimum atomic E-state index is -0.215. The number of hydrogen-bond donors (Lipinski definition) is 1. The van der Waals surface area contributed by atoms with Gasteiger partial charge in [0.25, 0.3) is 0 Å². The highest BCUT2D eigenvalue weighted by Crippen LogP contribution is 2.31. The lowest BCUT2D eigenvalue weighted by Gasteiger charge is -2.27. The van der Waals surface area contributed by atoms with Crippen LogP contribution in [0.3, 0.4) is 0 Å². The maximum atomic E-state index is 9.66. The van der Waals surface area contributed by atoms with E-state index in [0.717, 1.165) is 43.6 Å². The molecule has 1 saturated carbocycles. The van der Waals surface area contributed by atoms with Crippen molar-refractivity contribution in [2.24, 2.45) is 0 Å².